The molecule has 2 rings (SSSR count). The zero-order valence-corrected chi connectivity index (χ0v) is 8.87. The molecule has 2 atom stereocenters. The van der Waals surface area contributed by atoms with Crippen molar-refractivity contribution in [2.75, 3.05) is 26.4 Å². The van der Waals surface area contributed by atoms with Crippen LogP contribution in [0.25, 0.3) is 0 Å². The van der Waals surface area contributed by atoms with Gasteiger partial charge in [0, 0.05) is 13.2 Å². The fourth-order valence-corrected chi connectivity index (χ4v) is 1.45. The van der Waals surface area contributed by atoms with Gasteiger partial charge in [0.1, 0.15) is 6.23 Å². The van der Waals surface area contributed by atoms with Crippen LogP contribution in [0.3, 0.4) is 0 Å². The van der Waals surface area contributed by atoms with E-state index in [0.29, 0.717) is 12.7 Å². The van der Waals surface area contributed by atoms with E-state index in [1.807, 2.05) is 0 Å². The van der Waals surface area contributed by atoms with E-state index in [1.54, 1.807) is 0 Å². The van der Waals surface area contributed by atoms with Gasteiger partial charge >= 0.3 is 0 Å². The summed E-state index contributed by atoms with van der Waals surface area (Å²) in [7, 11) is 0. The second-order valence-corrected chi connectivity index (χ2v) is 3.72. The Morgan fingerprint density at radius 1 is 1.29 bits per heavy atom. The smallest absolute Gasteiger partial charge is 0.128 e. The maximum absolute atomic E-state index is 8.67. The summed E-state index contributed by atoms with van der Waals surface area (Å²) in [5.41, 5.74) is 0. The molecule has 0 saturated carbocycles. The summed E-state index contributed by atoms with van der Waals surface area (Å²) >= 11 is 0. The quantitative estimate of drug-likeness (QED) is 0.602. The summed E-state index contributed by atoms with van der Waals surface area (Å²) in [6.45, 7) is 5.04. The number of nitrogens with one attached hydrogen (secondary N) is 1. The third kappa shape index (κ3) is 5.54. The molecule has 2 saturated heterocycles. The van der Waals surface area contributed by atoms with Gasteiger partial charge < -0.3 is 14.6 Å². The lowest BCUT2D eigenvalue weighted by Crippen LogP contribution is -2.40. The summed E-state index contributed by atoms with van der Waals surface area (Å²) in [5.74, 6) is 0. The number of hydrogen-bond donors (Lipinski definition) is 2. The minimum Gasteiger partial charge on any atom is -0.379 e. The van der Waals surface area contributed by atoms with Crippen LogP contribution in [0.5, 0.6) is 0 Å². The highest BCUT2D eigenvalue weighted by molar-refractivity contribution is 4.56. The largest absolute Gasteiger partial charge is 0.379 e. The van der Waals surface area contributed by atoms with Crippen LogP contribution in [0.2, 0.25) is 0 Å². The van der Waals surface area contributed by atoms with Crippen LogP contribution in [-0.2, 0) is 9.47 Å². The van der Waals surface area contributed by atoms with Crippen LogP contribution in [0, 0.1) is 0 Å². The number of rotatable bonds is 0. The van der Waals surface area contributed by atoms with Crippen molar-refractivity contribution in [2.45, 2.75) is 38.5 Å². The number of hydrogen-bond acceptors (Lipinski definition) is 4. The summed E-state index contributed by atoms with van der Waals surface area (Å²) in [5, 5.41) is 11.5. The third-order valence-corrected chi connectivity index (χ3v) is 2.31. The molecule has 14 heavy (non-hydrogen) atoms. The highest BCUT2D eigenvalue weighted by atomic mass is 16.5. The Morgan fingerprint density at radius 2 is 2.14 bits per heavy atom. The molecule has 0 spiro atoms. The van der Waals surface area contributed by atoms with Crippen molar-refractivity contribution in [3.05, 3.63) is 0 Å². The van der Waals surface area contributed by atoms with Crippen LogP contribution in [0.15, 0.2) is 0 Å². The molecular weight excluding hydrogens is 182 g/mol. The fraction of sp³-hybridized carbons (Fsp3) is 1.00. The molecule has 0 amide bonds. The van der Waals surface area contributed by atoms with E-state index in [-0.39, 0.29) is 0 Å². The summed E-state index contributed by atoms with van der Waals surface area (Å²) in [6.07, 6.45) is 3.99. The Balaban J connectivity index is 0.000000140. The molecule has 4 nitrogen and oxygen atoms in total. The predicted octanol–water partition coefficient (Wildman–Crippen LogP) is 0.500. The van der Waals surface area contributed by atoms with E-state index in [1.165, 1.54) is 19.3 Å². The lowest BCUT2D eigenvalue weighted by molar-refractivity contribution is -0.0161. The molecule has 2 unspecified atom stereocenters. The first-order chi connectivity index (χ1) is 6.79. The van der Waals surface area contributed by atoms with Crippen LogP contribution in [-0.4, -0.2) is 43.8 Å². The molecule has 0 aromatic rings. The predicted molar refractivity (Wildman–Crippen MR) is 54.1 cm³/mol. The van der Waals surface area contributed by atoms with E-state index in [2.05, 4.69) is 12.2 Å². The van der Waals surface area contributed by atoms with Crippen LogP contribution in [0.1, 0.15) is 26.2 Å². The molecule has 0 bridgehead atoms. The van der Waals surface area contributed by atoms with Crippen molar-refractivity contribution in [3.8, 4) is 0 Å². The molecule has 0 radical (unpaired) electrons. The first-order valence-corrected chi connectivity index (χ1v) is 5.40. The first-order valence-electron chi connectivity index (χ1n) is 5.40. The number of aliphatic hydroxyl groups is 1. The van der Waals surface area contributed by atoms with Crippen LogP contribution in [0.4, 0.5) is 0 Å². The molecule has 2 fully saturated rings. The highest BCUT2D eigenvalue weighted by Crippen LogP contribution is 2.10. The standard InChI is InChI=1S/C6H12O.C4H9NO2/c1-6-4-2-3-5-7-6;6-4-3-7-2-1-5-4/h6H,2-5H2,1H3;4-6H,1-3H2. The van der Waals surface area contributed by atoms with Crippen molar-refractivity contribution in [2.24, 2.45) is 0 Å². The Labute approximate surface area is 85.6 Å². The van der Waals surface area contributed by atoms with E-state index in [4.69, 9.17) is 14.6 Å². The van der Waals surface area contributed by atoms with E-state index < -0.39 is 6.23 Å². The Kier molecular flexibility index (Phi) is 6.10. The van der Waals surface area contributed by atoms with Gasteiger partial charge in [-0.2, -0.15) is 0 Å². The van der Waals surface area contributed by atoms with Crippen LogP contribution >= 0.6 is 0 Å². The molecular formula is C10H21NO3. The monoisotopic (exact) mass is 203 g/mol. The lowest BCUT2D eigenvalue weighted by atomic mass is 10.1. The second kappa shape index (κ2) is 7.17. The van der Waals surface area contributed by atoms with E-state index in [9.17, 15) is 0 Å². The van der Waals surface area contributed by atoms with Gasteiger partial charge in [-0.3, -0.25) is 5.32 Å². The van der Waals surface area contributed by atoms with Crippen molar-refractivity contribution in [1.29, 1.82) is 0 Å². The molecule has 0 aliphatic carbocycles. The maximum atomic E-state index is 8.67. The zero-order chi connectivity index (χ0) is 10.2. The van der Waals surface area contributed by atoms with Crippen molar-refractivity contribution in [1.82, 2.24) is 5.32 Å². The lowest BCUT2D eigenvalue weighted by Gasteiger charge is -2.17. The Morgan fingerprint density at radius 3 is 2.43 bits per heavy atom. The average molecular weight is 203 g/mol. The molecule has 0 aromatic heterocycles. The minimum absolute atomic E-state index is 0.431. The zero-order valence-electron chi connectivity index (χ0n) is 8.87. The minimum atomic E-state index is -0.436. The van der Waals surface area contributed by atoms with E-state index >= 15 is 0 Å². The van der Waals surface area contributed by atoms with Crippen molar-refractivity contribution >= 4 is 0 Å². The molecule has 2 aliphatic rings. The van der Waals surface area contributed by atoms with Gasteiger partial charge in [0.15, 0.2) is 0 Å². The van der Waals surface area contributed by atoms with Gasteiger partial charge in [-0.25, -0.2) is 0 Å². The van der Waals surface area contributed by atoms with Gasteiger partial charge in [-0.05, 0) is 26.2 Å². The van der Waals surface area contributed by atoms with Crippen LogP contribution < -0.4 is 5.32 Å². The Bertz CT molecular complexity index is 115. The molecule has 0 aromatic carbocycles. The summed E-state index contributed by atoms with van der Waals surface area (Å²) < 4.78 is 10.1. The number of ether oxygens (including phenoxy) is 2. The third-order valence-electron chi connectivity index (χ3n) is 2.31. The molecule has 4 heteroatoms. The average Bonchev–Trinajstić information content (AvgIpc) is 2.21. The second-order valence-electron chi connectivity index (χ2n) is 3.72. The summed E-state index contributed by atoms with van der Waals surface area (Å²) in [6, 6.07) is 0. The first kappa shape index (κ1) is 11.9. The van der Waals surface area contributed by atoms with Gasteiger partial charge in [-0.15, -0.1) is 0 Å². The van der Waals surface area contributed by atoms with Crippen molar-refractivity contribution in [3.63, 3.8) is 0 Å². The summed E-state index contributed by atoms with van der Waals surface area (Å²) in [4.78, 5) is 0. The van der Waals surface area contributed by atoms with E-state index in [0.717, 1.165) is 19.8 Å². The van der Waals surface area contributed by atoms with Gasteiger partial charge in [0.05, 0.1) is 19.3 Å². The fourth-order valence-electron chi connectivity index (χ4n) is 1.45. The maximum Gasteiger partial charge on any atom is 0.128 e. The molecule has 2 N–H and O–H groups in total. The Hall–Kier alpha value is -0.160. The van der Waals surface area contributed by atoms with Crippen molar-refractivity contribution < 1.29 is 14.6 Å². The van der Waals surface area contributed by atoms with Gasteiger partial charge in [0.25, 0.3) is 0 Å². The van der Waals surface area contributed by atoms with Gasteiger partial charge in [0.2, 0.25) is 0 Å². The number of morpholine rings is 1. The highest BCUT2D eigenvalue weighted by Gasteiger charge is 2.06. The SMILES string of the molecule is CC1CCCCO1.OC1COCCN1. The number of aliphatic hydroxyl groups excluding tert-OH is 1. The molecule has 84 valence electrons. The normalized spacial score (nSPS) is 33.0. The molecule has 2 aliphatic heterocycles. The molecule has 2 heterocycles. The van der Waals surface area contributed by atoms with Gasteiger partial charge in [-0.1, -0.05) is 0 Å². The topological polar surface area (TPSA) is 50.7 Å².